The lowest BCUT2D eigenvalue weighted by Crippen LogP contribution is -2.35. The number of aryl methyl sites for hydroxylation is 3. The average Bonchev–Trinajstić information content (AvgIpc) is 3.18. The van der Waals surface area contributed by atoms with Crippen molar-refractivity contribution in [2.75, 3.05) is 0 Å². The van der Waals surface area contributed by atoms with E-state index in [0.29, 0.717) is 4.90 Å². The SMILES string of the molecule is Cc1cc(C)c(S(=O)(=O)NC2(c3ccccc3)CC2)c(C)c1. The first-order valence-corrected chi connectivity index (χ1v) is 9.00. The van der Waals surface area contributed by atoms with E-state index < -0.39 is 15.6 Å². The lowest BCUT2D eigenvalue weighted by Gasteiger charge is -2.20. The molecule has 1 fully saturated rings. The van der Waals surface area contributed by atoms with Crippen LogP contribution < -0.4 is 4.72 Å². The van der Waals surface area contributed by atoms with Crippen LogP contribution in [0.4, 0.5) is 0 Å². The van der Waals surface area contributed by atoms with E-state index in [1.807, 2.05) is 63.2 Å². The zero-order valence-electron chi connectivity index (χ0n) is 13.2. The van der Waals surface area contributed by atoms with Crippen molar-refractivity contribution in [1.82, 2.24) is 4.72 Å². The predicted molar refractivity (Wildman–Crippen MR) is 88.3 cm³/mol. The maximum absolute atomic E-state index is 12.9. The zero-order chi connectivity index (χ0) is 16.0. The van der Waals surface area contributed by atoms with Gasteiger partial charge in [-0.15, -0.1) is 0 Å². The van der Waals surface area contributed by atoms with Crippen LogP contribution in [0.1, 0.15) is 35.1 Å². The van der Waals surface area contributed by atoms with Gasteiger partial charge in [-0.05, 0) is 50.3 Å². The van der Waals surface area contributed by atoms with Crippen LogP contribution in [0.5, 0.6) is 0 Å². The van der Waals surface area contributed by atoms with Crippen LogP contribution in [0.15, 0.2) is 47.4 Å². The summed E-state index contributed by atoms with van der Waals surface area (Å²) in [7, 11) is -3.53. The summed E-state index contributed by atoms with van der Waals surface area (Å²) < 4.78 is 28.8. The van der Waals surface area contributed by atoms with Gasteiger partial charge in [0.25, 0.3) is 0 Å². The minimum absolute atomic E-state index is 0.417. The van der Waals surface area contributed by atoms with Gasteiger partial charge >= 0.3 is 0 Å². The van der Waals surface area contributed by atoms with Gasteiger partial charge in [0, 0.05) is 0 Å². The number of nitrogens with one attached hydrogen (secondary N) is 1. The second kappa shape index (κ2) is 5.21. The van der Waals surface area contributed by atoms with Crippen molar-refractivity contribution in [3.8, 4) is 0 Å². The molecule has 1 aliphatic rings. The highest BCUT2D eigenvalue weighted by molar-refractivity contribution is 7.89. The summed E-state index contributed by atoms with van der Waals surface area (Å²) in [5.74, 6) is 0. The normalized spacial score (nSPS) is 16.5. The minimum atomic E-state index is -3.53. The van der Waals surface area contributed by atoms with Gasteiger partial charge in [0.1, 0.15) is 0 Å². The van der Waals surface area contributed by atoms with Crippen molar-refractivity contribution in [2.45, 2.75) is 44.0 Å². The molecule has 0 heterocycles. The molecule has 2 aromatic carbocycles. The van der Waals surface area contributed by atoms with Gasteiger partial charge in [0.05, 0.1) is 10.4 Å². The molecular formula is C18H21NO2S. The summed E-state index contributed by atoms with van der Waals surface area (Å²) >= 11 is 0. The van der Waals surface area contributed by atoms with E-state index in [1.165, 1.54) is 0 Å². The summed E-state index contributed by atoms with van der Waals surface area (Å²) in [6, 6.07) is 13.7. The Morgan fingerprint density at radius 1 is 0.955 bits per heavy atom. The summed E-state index contributed by atoms with van der Waals surface area (Å²) in [5.41, 5.74) is 3.30. The summed E-state index contributed by atoms with van der Waals surface area (Å²) in [5, 5.41) is 0. The first-order valence-electron chi connectivity index (χ1n) is 7.51. The molecule has 1 N–H and O–H groups in total. The standard InChI is InChI=1S/C18H21NO2S/c1-13-11-14(2)17(15(3)12-13)22(20,21)19-18(9-10-18)16-7-5-4-6-8-16/h4-8,11-12,19H,9-10H2,1-3H3. The molecule has 1 aliphatic carbocycles. The van der Waals surface area contributed by atoms with Crippen LogP contribution in [-0.4, -0.2) is 8.42 Å². The van der Waals surface area contributed by atoms with Crippen molar-refractivity contribution >= 4 is 10.0 Å². The largest absolute Gasteiger partial charge is 0.241 e. The highest BCUT2D eigenvalue weighted by Gasteiger charge is 2.47. The molecule has 0 unspecified atom stereocenters. The van der Waals surface area contributed by atoms with Gasteiger partial charge in [-0.3, -0.25) is 0 Å². The van der Waals surface area contributed by atoms with E-state index in [9.17, 15) is 8.42 Å². The molecule has 116 valence electrons. The Kier molecular flexibility index (Phi) is 3.62. The summed E-state index contributed by atoms with van der Waals surface area (Å²) in [4.78, 5) is 0.417. The lowest BCUT2D eigenvalue weighted by molar-refractivity contribution is 0.550. The fourth-order valence-corrected chi connectivity index (χ4v) is 5.13. The van der Waals surface area contributed by atoms with Gasteiger partial charge < -0.3 is 0 Å². The van der Waals surface area contributed by atoms with Gasteiger partial charge in [-0.2, -0.15) is 0 Å². The van der Waals surface area contributed by atoms with E-state index in [0.717, 1.165) is 35.1 Å². The topological polar surface area (TPSA) is 46.2 Å². The van der Waals surface area contributed by atoms with E-state index in [-0.39, 0.29) is 0 Å². The second-order valence-electron chi connectivity index (χ2n) is 6.28. The molecule has 3 rings (SSSR count). The van der Waals surface area contributed by atoms with Crippen molar-refractivity contribution in [2.24, 2.45) is 0 Å². The number of hydrogen-bond donors (Lipinski definition) is 1. The summed E-state index contributed by atoms with van der Waals surface area (Å²) in [6.07, 6.45) is 1.69. The molecule has 0 saturated heterocycles. The number of benzene rings is 2. The molecule has 0 radical (unpaired) electrons. The van der Waals surface area contributed by atoms with Crippen LogP contribution in [-0.2, 0) is 15.6 Å². The molecule has 0 atom stereocenters. The monoisotopic (exact) mass is 315 g/mol. The molecule has 0 amide bonds. The van der Waals surface area contributed by atoms with Crippen LogP contribution in [0.2, 0.25) is 0 Å². The van der Waals surface area contributed by atoms with E-state index in [2.05, 4.69) is 4.72 Å². The molecule has 1 saturated carbocycles. The number of sulfonamides is 1. The number of hydrogen-bond acceptors (Lipinski definition) is 2. The average molecular weight is 315 g/mol. The highest BCUT2D eigenvalue weighted by atomic mass is 32.2. The third-order valence-corrected chi connectivity index (χ3v) is 6.12. The second-order valence-corrected chi connectivity index (χ2v) is 7.90. The molecule has 22 heavy (non-hydrogen) atoms. The van der Waals surface area contributed by atoms with Gasteiger partial charge in [-0.25, -0.2) is 13.1 Å². The molecule has 0 aliphatic heterocycles. The Balaban J connectivity index is 1.99. The lowest BCUT2D eigenvalue weighted by atomic mass is 10.1. The van der Waals surface area contributed by atoms with Gasteiger partial charge in [-0.1, -0.05) is 48.0 Å². The molecule has 0 spiro atoms. The number of rotatable bonds is 4. The minimum Gasteiger partial charge on any atom is -0.207 e. The molecule has 0 aromatic heterocycles. The van der Waals surface area contributed by atoms with Crippen molar-refractivity contribution < 1.29 is 8.42 Å². The Bertz CT molecular complexity index is 783. The molecular weight excluding hydrogens is 294 g/mol. The molecule has 0 bridgehead atoms. The maximum Gasteiger partial charge on any atom is 0.241 e. The Hall–Kier alpha value is -1.65. The quantitative estimate of drug-likeness (QED) is 0.937. The fourth-order valence-electron chi connectivity index (χ4n) is 3.23. The smallest absolute Gasteiger partial charge is 0.207 e. The first kappa shape index (κ1) is 15.3. The van der Waals surface area contributed by atoms with Gasteiger partial charge in [0.15, 0.2) is 0 Å². The Morgan fingerprint density at radius 3 is 2.00 bits per heavy atom. The third-order valence-electron chi connectivity index (χ3n) is 4.28. The van der Waals surface area contributed by atoms with E-state index in [4.69, 9.17) is 0 Å². The molecule has 2 aromatic rings. The maximum atomic E-state index is 12.9. The van der Waals surface area contributed by atoms with Crippen molar-refractivity contribution in [3.63, 3.8) is 0 Å². The van der Waals surface area contributed by atoms with Crippen LogP contribution >= 0.6 is 0 Å². The highest BCUT2D eigenvalue weighted by Crippen LogP contribution is 2.46. The molecule has 4 heteroatoms. The van der Waals surface area contributed by atoms with E-state index >= 15 is 0 Å². The van der Waals surface area contributed by atoms with Crippen molar-refractivity contribution in [3.05, 3.63) is 64.7 Å². The van der Waals surface area contributed by atoms with Crippen LogP contribution in [0.3, 0.4) is 0 Å². The first-order chi connectivity index (χ1) is 10.3. The van der Waals surface area contributed by atoms with E-state index in [1.54, 1.807) is 0 Å². The van der Waals surface area contributed by atoms with Crippen molar-refractivity contribution in [1.29, 1.82) is 0 Å². The predicted octanol–water partition coefficient (Wildman–Crippen LogP) is 3.58. The zero-order valence-corrected chi connectivity index (χ0v) is 14.0. The summed E-state index contributed by atoms with van der Waals surface area (Å²) in [6.45, 7) is 5.70. The van der Waals surface area contributed by atoms with Crippen LogP contribution in [0.25, 0.3) is 0 Å². The molecule has 3 nitrogen and oxygen atoms in total. The fraction of sp³-hybridized carbons (Fsp3) is 0.333. The van der Waals surface area contributed by atoms with Gasteiger partial charge in [0.2, 0.25) is 10.0 Å². The third kappa shape index (κ3) is 2.69. The Morgan fingerprint density at radius 2 is 1.50 bits per heavy atom. The van der Waals surface area contributed by atoms with Crippen LogP contribution in [0, 0.1) is 20.8 Å². The Labute approximate surface area is 132 Å².